The van der Waals surface area contributed by atoms with E-state index in [1.807, 2.05) is 18.2 Å². The summed E-state index contributed by atoms with van der Waals surface area (Å²) in [6.07, 6.45) is 5.72. The molecule has 1 N–H and O–H groups in total. The van der Waals surface area contributed by atoms with Crippen LogP contribution in [0.15, 0.2) is 18.2 Å². The third-order valence-electron chi connectivity index (χ3n) is 4.37. The van der Waals surface area contributed by atoms with Crippen molar-refractivity contribution in [2.45, 2.75) is 32.2 Å². The van der Waals surface area contributed by atoms with Crippen LogP contribution in [-0.2, 0) is 6.54 Å². The van der Waals surface area contributed by atoms with Gasteiger partial charge in [0.25, 0.3) is 0 Å². The minimum absolute atomic E-state index is 0.645. The van der Waals surface area contributed by atoms with Gasteiger partial charge in [-0.3, -0.25) is 0 Å². The number of ether oxygens (including phenoxy) is 1. The van der Waals surface area contributed by atoms with Gasteiger partial charge in [-0.05, 0) is 55.2 Å². The summed E-state index contributed by atoms with van der Waals surface area (Å²) in [6.45, 7) is 1.99. The Balaban J connectivity index is 1.57. The molecule has 0 heterocycles. The van der Waals surface area contributed by atoms with Crippen molar-refractivity contribution in [3.05, 3.63) is 28.8 Å². The van der Waals surface area contributed by atoms with Crippen LogP contribution in [0.2, 0.25) is 5.02 Å². The Kier molecular flexibility index (Phi) is 3.25. The van der Waals surface area contributed by atoms with E-state index in [9.17, 15) is 0 Å². The van der Waals surface area contributed by atoms with E-state index in [4.69, 9.17) is 16.3 Å². The summed E-state index contributed by atoms with van der Waals surface area (Å²) in [5.41, 5.74) is 1.79. The smallest absolute Gasteiger partial charge is 0.123 e. The number of halogens is 1. The highest BCUT2D eigenvalue weighted by Crippen LogP contribution is 2.60. The molecule has 0 amide bonds. The zero-order chi connectivity index (χ0) is 12.6. The molecule has 0 aromatic heterocycles. The van der Waals surface area contributed by atoms with E-state index in [0.717, 1.165) is 35.3 Å². The molecular weight excluding hydrogens is 246 g/mol. The zero-order valence-corrected chi connectivity index (χ0v) is 11.6. The molecule has 0 atom stereocenters. The fraction of sp³-hybridized carbons (Fsp3) is 0.600. The lowest BCUT2D eigenvalue weighted by Gasteiger charge is -2.16. The van der Waals surface area contributed by atoms with Crippen molar-refractivity contribution in [2.75, 3.05) is 13.7 Å². The van der Waals surface area contributed by atoms with Crippen LogP contribution in [0, 0.1) is 11.3 Å². The van der Waals surface area contributed by atoms with Crippen LogP contribution in [0.3, 0.4) is 0 Å². The standard InChI is InChI=1S/C15H20ClNO/c1-18-14-5-4-13(16)8-11(14)9-17-10-15(6-7-15)12-2-3-12/h4-5,8,12,17H,2-3,6-7,9-10H2,1H3. The van der Waals surface area contributed by atoms with E-state index in [-0.39, 0.29) is 0 Å². The molecule has 2 aliphatic carbocycles. The van der Waals surface area contributed by atoms with Crippen molar-refractivity contribution < 1.29 is 4.74 Å². The van der Waals surface area contributed by atoms with E-state index < -0.39 is 0 Å². The number of methoxy groups -OCH3 is 1. The Bertz CT molecular complexity index is 438. The molecule has 1 aromatic rings. The normalized spacial score (nSPS) is 20.8. The summed E-state index contributed by atoms with van der Waals surface area (Å²) in [5.74, 6) is 1.93. The van der Waals surface area contributed by atoms with Gasteiger partial charge in [-0.1, -0.05) is 11.6 Å². The van der Waals surface area contributed by atoms with Gasteiger partial charge in [0.1, 0.15) is 5.75 Å². The first-order valence-corrected chi connectivity index (χ1v) is 7.14. The molecule has 0 aliphatic heterocycles. The average molecular weight is 266 g/mol. The van der Waals surface area contributed by atoms with Crippen LogP contribution in [0.5, 0.6) is 5.75 Å². The third kappa shape index (κ3) is 2.50. The molecule has 2 aliphatic rings. The topological polar surface area (TPSA) is 21.3 Å². The molecule has 2 fully saturated rings. The Morgan fingerprint density at radius 1 is 1.39 bits per heavy atom. The molecule has 3 rings (SSSR count). The van der Waals surface area contributed by atoms with Gasteiger partial charge in [0.15, 0.2) is 0 Å². The van der Waals surface area contributed by atoms with Crippen LogP contribution in [0.1, 0.15) is 31.2 Å². The van der Waals surface area contributed by atoms with Gasteiger partial charge in [0.05, 0.1) is 7.11 Å². The van der Waals surface area contributed by atoms with Gasteiger partial charge in [0, 0.05) is 23.7 Å². The first-order chi connectivity index (χ1) is 8.73. The maximum absolute atomic E-state index is 6.03. The van der Waals surface area contributed by atoms with E-state index >= 15 is 0 Å². The molecule has 98 valence electrons. The number of hydrogen-bond acceptors (Lipinski definition) is 2. The average Bonchev–Trinajstić information content (AvgIpc) is 3.23. The van der Waals surface area contributed by atoms with Crippen molar-refractivity contribution in [3.8, 4) is 5.75 Å². The fourth-order valence-electron chi connectivity index (χ4n) is 2.92. The van der Waals surface area contributed by atoms with E-state index in [2.05, 4.69) is 5.32 Å². The minimum Gasteiger partial charge on any atom is -0.496 e. The Labute approximate surface area is 114 Å². The first-order valence-electron chi connectivity index (χ1n) is 6.77. The van der Waals surface area contributed by atoms with Crippen molar-refractivity contribution in [1.29, 1.82) is 0 Å². The zero-order valence-electron chi connectivity index (χ0n) is 10.8. The largest absolute Gasteiger partial charge is 0.496 e. The van der Waals surface area contributed by atoms with Crippen LogP contribution in [-0.4, -0.2) is 13.7 Å². The molecule has 0 unspecified atom stereocenters. The highest BCUT2D eigenvalue weighted by Gasteiger charge is 2.53. The lowest BCUT2D eigenvalue weighted by atomic mass is 10.0. The second kappa shape index (κ2) is 4.75. The second-order valence-electron chi connectivity index (χ2n) is 5.70. The number of rotatable bonds is 6. The van der Waals surface area contributed by atoms with Crippen LogP contribution >= 0.6 is 11.6 Å². The SMILES string of the molecule is COc1ccc(Cl)cc1CNCC1(C2CC2)CC1. The maximum Gasteiger partial charge on any atom is 0.123 e. The lowest BCUT2D eigenvalue weighted by Crippen LogP contribution is -2.25. The molecule has 3 heteroatoms. The van der Waals surface area contributed by atoms with Gasteiger partial charge in [-0.15, -0.1) is 0 Å². The van der Waals surface area contributed by atoms with E-state index in [1.54, 1.807) is 7.11 Å². The molecule has 0 saturated heterocycles. The summed E-state index contributed by atoms with van der Waals surface area (Å²) < 4.78 is 5.36. The Morgan fingerprint density at radius 2 is 2.17 bits per heavy atom. The molecule has 0 radical (unpaired) electrons. The van der Waals surface area contributed by atoms with Crippen LogP contribution < -0.4 is 10.1 Å². The van der Waals surface area contributed by atoms with E-state index in [1.165, 1.54) is 25.7 Å². The summed E-state index contributed by atoms with van der Waals surface area (Å²) in [6, 6.07) is 5.80. The van der Waals surface area contributed by atoms with Crippen molar-refractivity contribution in [1.82, 2.24) is 5.32 Å². The van der Waals surface area contributed by atoms with Crippen LogP contribution in [0.25, 0.3) is 0 Å². The molecular formula is C15H20ClNO. The monoisotopic (exact) mass is 265 g/mol. The van der Waals surface area contributed by atoms with Crippen molar-refractivity contribution in [2.24, 2.45) is 11.3 Å². The van der Waals surface area contributed by atoms with Gasteiger partial charge >= 0.3 is 0 Å². The Morgan fingerprint density at radius 3 is 2.78 bits per heavy atom. The van der Waals surface area contributed by atoms with Gasteiger partial charge in [0.2, 0.25) is 0 Å². The summed E-state index contributed by atoms with van der Waals surface area (Å²) >= 11 is 6.03. The van der Waals surface area contributed by atoms with E-state index in [0.29, 0.717) is 5.41 Å². The van der Waals surface area contributed by atoms with Gasteiger partial charge in [-0.2, -0.15) is 0 Å². The highest BCUT2D eigenvalue weighted by molar-refractivity contribution is 6.30. The Hall–Kier alpha value is -0.730. The quantitative estimate of drug-likeness (QED) is 0.848. The van der Waals surface area contributed by atoms with Gasteiger partial charge < -0.3 is 10.1 Å². The van der Waals surface area contributed by atoms with Crippen molar-refractivity contribution >= 4 is 11.6 Å². The summed E-state index contributed by atoms with van der Waals surface area (Å²) in [7, 11) is 1.71. The number of hydrogen-bond donors (Lipinski definition) is 1. The van der Waals surface area contributed by atoms with Crippen LogP contribution in [0.4, 0.5) is 0 Å². The fourth-order valence-corrected chi connectivity index (χ4v) is 3.11. The van der Waals surface area contributed by atoms with Crippen molar-refractivity contribution in [3.63, 3.8) is 0 Å². The third-order valence-corrected chi connectivity index (χ3v) is 4.61. The predicted octanol–water partition coefficient (Wildman–Crippen LogP) is 3.63. The number of benzene rings is 1. The molecule has 2 nitrogen and oxygen atoms in total. The summed E-state index contributed by atoms with van der Waals surface area (Å²) in [5, 5.41) is 4.36. The molecule has 1 aromatic carbocycles. The lowest BCUT2D eigenvalue weighted by molar-refractivity contribution is 0.390. The highest BCUT2D eigenvalue weighted by atomic mass is 35.5. The number of nitrogens with one attached hydrogen (secondary N) is 1. The predicted molar refractivity (Wildman–Crippen MR) is 74.1 cm³/mol. The molecule has 0 spiro atoms. The van der Waals surface area contributed by atoms with Gasteiger partial charge in [-0.25, -0.2) is 0 Å². The molecule has 2 saturated carbocycles. The second-order valence-corrected chi connectivity index (χ2v) is 6.13. The molecule has 0 bridgehead atoms. The molecule has 18 heavy (non-hydrogen) atoms. The summed E-state index contributed by atoms with van der Waals surface area (Å²) in [4.78, 5) is 0. The maximum atomic E-state index is 6.03. The minimum atomic E-state index is 0.645. The first kappa shape index (κ1) is 12.3.